The van der Waals surface area contributed by atoms with E-state index in [9.17, 15) is 4.79 Å². The van der Waals surface area contributed by atoms with Crippen molar-refractivity contribution in [3.63, 3.8) is 0 Å². The predicted octanol–water partition coefficient (Wildman–Crippen LogP) is 2.34. The van der Waals surface area contributed by atoms with E-state index < -0.39 is 0 Å². The van der Waals surface area contributed by atoms with Crippen molar-refractivity contribution in [1.82, 2.24) is 10.6 Å². The average Bonchev–Trinajstić information content (AvgIpc) is 2.34. The molecule has 0 aromatic rings. The summed E-state index contributed by atoms with van der Waals surface area (Å²) < 4.78 is 4.93. The second-order valence-electron chi connectivity index (χ2n) is 5.92. The zero-order chi connectivity index (χ0) is 14.6. The maximum atomic E-state index is 11.5. The standard InChI is InChI=1S/C15H32N2O2/c1-5-6-7-9-15(2,3)13-16-12-14(18)17-10-8-11-19-4/h16H,5-13H2,1-4H3,(H,17,18). The zero-order valence-corrected chi connectivity index (χ0v) is 13.2. The van der Waals surface area contributed by atoms with E-state index in [-0.39, 0.29) is 11.3 Å². The minimum Gasteiger partial charge on any atom is -0.385 e. The molecule has 0 aliphatic heterocycles. The Bertz CT molecular complexity index is 230. The van der Waals surface area contributed by atoms with Gasteiger partial charge in [-0.3, -0.25) is 4.79 Å². The summed E-state index contributed by atoms with van der Waals surface area (Å²) in [5.74, 6) is 0.0699. The van der Waals surface area contributed by atoms with Gasteiger partial charge in [-0.25, -0.2) is 0 Å². The molecule has 4 heteroatoms. The van der Waals surface area contributed by atoms with E-state index in [2.05, 4.69) is 31.4 Å². The summed E-state index contributed by atoms with van der Waals surface area (Å²) in [5, 5.41) is 6.12. The lowest BCUT2D eigenvalue weighted by molar-refractivity contribution is -0.120. The second kappa shape index (κ2) is 11.2. The fraction of sp³-hybridized carbons (Fsp3) is 0.933. The molecule has 0 radical (unpaired) electrons. The first-order valence-corrected chi connectivity index (χ1v) is 7.48. The van der Waals surface area contributed by atoms with Crippen molar-refractivity contribution in [3.05, 3.63) is 0 Å². The van der Waals surface area contributed by atoms with Crippen molar-refractivity contribution in [3.8, 4) is 0 Å². The molecule has 0 fully saturated rings. The van der Waals surface area contributed by atoms with Crippen molar-refractivity contribution >= 4 is 5.91 Å². The van der Waals surface area contributed by atoms with Crippen LogP contribution in [0.15, 0.2) is 0 Å². The summed E-state index contributed by atoms with van der Waals surface area (Å²) in [6.07, 6.45) is 5.90. The molecule has 0 heterocycles. The first-order chi connectivity index (χ1) is 9.02. The van der Waals surface area contributed by atoms with Crippen LogP contribution in [0.25, 0.3) is 0 Å². The van der Waals surface area contributed by atoms with E-state index in [1.807, 2.05) is 0 Å². The first kappa shape index (κ1) is 18.4. The number of amides is 1. The van der Waals surface area contributed by atoms with Gasteiger partial charge in [0.15, 0.2) is 0 Å². The summed E-state index contributed by atoms with van der Waals surface area (Å²) in [6, 6.07) is 0. The van der Waals surface area contributed by atoms with Crippen molar-refractivity contribution in [1.29, 1.82) is 0 Å². The minimum atomic E-state index is 0.0699. The Morgan fingerprint density at radius 2 is 1.95 bits per heavy atom. The summed E-state index contributed by atoms with van der Waals surface area (Å²) in [4.78, 5) is 11.5. The fourth-order valence-corrected chi connectivity index (χ4v) is 1.96. The summed E-state index contributed by atoms with van der Waals surface area (Å²) in [7, 11) is 1.67. The molecule has 0 aliphatic rings. The van der Waals surface area contributed by atoms with E-state index in [1.54, 1.807) is 7.11 Å². The number of ether oxygens (including phenoxy) is 1. The molecule has 0 bridgehead atoms. The third-order valence-corrected chi connectivity index (χ3v) is 3.19. The van der Waals surface area contributed by atoms with Gasteiger partial charge in [-0.15, -0.1) is 0 Å². The van der Waals surface area contributed by atoms with E-state index in [4.69, 9.17) is 4.74 Å². The molecule has 1 amide bonds. The Kier molecular flexibility index (Phi) is 10.9. The smallest absolute Gasteiger partial charge is 0.233 e. The quantitative estimate of drug-likeness (QED) is 0.536. The largest absolute Gasteiger partial charge is 0.385 e. The highest BCUT2D eigenvalue weighted by Gasteiger charge is 2.16. The molecule has 0 aliphatic carbocycles. The molecule has 0 rings (SSSR count). The lowest BCUT2D eigenvalue weighted by atomic mass is 9.87. The van der Waals surface area contributed by atoms with Crippen molar-refractivity contribution < 1.29 is 9.53 Å². The van der Waals surface area contributed by atoms with Gasteiger partial charge in [0.1, 0.15) is 0 Å². The fourth-order valence-electron chi connectivity index (χ4n) is 1.96. The van der Waals surface area contributed by atoms with Crippen LogP contribution in [-0.4, -0.2) is 39.3 Å². The van der Waals surface area contributed by atoms with Crippen LogP contribution in [0, 0.1) is 5.41 Å². The van der Waals surface area contributed by atoms with Crippen LogP contribution >= 0.6 is 0 Å². The third kappa shape index (κ3) is 12.2. The van der Waals surface area contributed by atoms with E-state index in [1.165, 1.54) is 25.7 Å². The molecule has 0 unspecified atom stereocenters. The number of methoxy groups -OCH3 is 1. The van der Waals surface area contributed by atoms with Gasteiger partial charge in [0, 0.05) is 26.8 Å². The second-order valence-corrected chi connectivity index (χ2v) is 5.92. The topological polar surface area (TPSA) is 50.4 Å². The molecule has 114 valence electrons. The van der Waals surface area contributed by atoms with E-state index in [0.29, 0.717) is 19.7 Å². The molecule has 19 heavy (non-hydrogen) atoms. The van der Waals surface area contributed by atoms with Crippen LogP contribution < -0.4 is 10.6 Å². The highest BCUT2D eigenvalue weighted by molar-refractivity contribution is 5.77. The SMILES string of the molecule is CCCCCC(C)(C)CNCC(=O)NCCCOC. The lowest BCUT2D eigenvalue weighted by Crippen LogP contribution is -2.38. The van der Waals surface area contributed by atoms with Gasteiger partial charge in [0.05, 0.1) is 6.54 Å². The maximum Gasteiger partial charge on any atom is 0.233 e. The molecular formula is C15H32N2O2. The van der Waals surface area contributed by atoms with Crippen molar-refractivity contribution in [2.75, 3.05) is 33.4 Å². The molecule has 0 atom stereocenters. The molecule has 2 N–H and O–H groups in total. The van der Waals surface area contributed by atoms with Gasteiger partial charge in [-0.05, 0) is 18.3 Å². The van der Waals surface area contributed by atoms with Gasteiger partial charge in [0.2, 0.25) is 5.91 Å². The number of hydrogen-bond acceptors (Lipinski definition) is 3. The molecule has 0 spiro atoms. The van der Waals surface area contributed by atoms with Crippen LogP contribution in [0.1, 0.15) is 52.9 Å². The Labute approximate surface area is 118 Å². The number of carbonyl (C=O) groups is 1. The molecule has 0 aromatic heterocycles. The van der Waals surface area contributed by atoms with Crippen molar-refractivity contribution in [2.45, 2.75) is 52.9 Å². The average molecular weight is 272 g/mol. The summed E-state index contributed by atoms with van der Waals surface area (Å²) in [6.45, 7) is 9.41. The molecule has 0 aromatic carbocycles. The number of nitrogens with one attached hydrogen (secondary N) is 2. The van der Waals surface area contributed by atoms with Crippen LogP contribution in [0.2, 0.25) is 0 Å². The normalized spacial score (nSPS) is 11.6. The monoisotopic (exact) mass is 272 g/mol. The Balaban J connectivity index is 3.56. The lowest BCUT2D eigenvalue weighted by Gasteiger charge is -2.24. The van der Waals surface area contributed by atoms with Crippen molar-refractivity contribution in [2.24, 2.45) is 5.41 Å². The molecule has 0 saturated heterocycles. The number of rotatable bonds is 12. The zero-order valence-electron chi connectivity index (χ0n) is 13.2. The van der Waals surface area contributed by atoms with Crippen LogP contribution in [-0.2, 0) is 9.53 Å². The number of carbonyl (C=O) groups excluding carboxylic acids is 1. The van der Waals surface area contributed by atoms with Gasteiger partial charge in [0.25, 0.3) is 0 Å². The van der Waals surface area contributed by atoms with Crippen LogP contribution in [0.5, 0.6) is 0 Å². The molecular weight excluding hydrogens is 240 g/mol. The highest BCUT2D eigenvalue weighted by atomic mass is 16.5. The van der Waals surface area contributed by atoms with Gasteiger partial charge in [-0.2, -0.15) is 0 Å². The van der Waals surface area contributed by atoms with E-state index >= 15 is 0 Å². The highest BCUT2D eigenvalue weighted by Crippen LogP contribution is 2.22. The maximum absolute atomic E-state index is 11.5. The first-order valence-electron chi connectivity index (χ1n) is 7.48. The van der Waals surface area contributed by atoms with Gasteiger partial charge >= 0.3 is 0 Å². The minimum absolute atomic E-state index is 0.0699. The summed E-state index contributed by atoms with van der Waals surface area (Å²) >= 11 is 0. The van der Waals surface area contributed by atoms with E-state index in [0.717, 1.165) is 13.0 Å². The number of unbranched alkanes of at least 4 members (excludes halogenated alkanes) is 2. The van der Waals surface area contributed by atoms with Crippen LogP contribution in [0.3, 0.4) is 0 Å². The number of hydrogen-bond donors (Lipinski definition) is 2. The van der Waals surface area contributed by atoms with Gasteiger partial charge < -0.3 is 15.4 Å². The molecule has 4 nitrogen and oxygen atoms in total. The van der Waals surface area contributed by atoms with Crippen LogP contribution in [0.4, 0.5) is 0 Å². The van der Waals surface area contributed by atoms with Gasteiger partial charge in [-0.1, -0.05) is 40.0 Å². The Hall–Kier alpha value is -0.610. The molecule has 0 saturated carbocycles. The Morgan fingerprint density at radius 3 is 2.58 bits per heavy atom. The Morgan fingerprint density at radius 1 is 1.21 bits per heavy atom. The third-order valence-electron chi connectivity index (χ3n) is 3.19. The predicted molar refractivity (Wildman–Crippen MR) is 80.3 cm³/mol. The summed E-state index contributed by atoms with van der Waals surface area (Å²) in [5.41, 5.74) is 0.269.